The summed E-state index contributed by atoms with van der Waals surface area (Å²) in [6.07, 6.45) is 10.3. The third-order valence-electron chi connectivity index (χ3n) is 11.2. The molecule has 2 N–H and O–H groups in total. The van der Waals surface area contributed by atoms with Gasteiger partial charge in [-0.1, -0.05) is 35.6 Å². The number of hydrogen-bond donors (Lipinski definition) is 2. The van der Waals surface area contributed by atoms with Crippen LogP contribution in [0.5, 0.6) is 5.88 Å². The molecule has 0 radical (unpaired) electrons. The van der Waals surface area contributed by atoms with Gasteiger partial charge in [0.15, 0.2) is 10.8 Å². The van der Waals surface area contributed by atoms with E-state index in [9.17, 15) is 14.7 Å². The standard InChI is InChI=1S/C39H37N5O4S/c45-36(43-38-41-31-6-1-2-7-32(31)49-38)29-5-3-4-26-11-13-44(21-30(26)29)33-9-8-28(35(42-33)37(46)47)27-10-12-40-34(17-27)48-22-39-18-23-14-24(19-39)16-25(15-23)20-39/h1-10,12,17,23-25H,11,13-16,18-22H2,(H,46,47)(H,41,43,45). The molecule has 1 aliphatic heterocycles. The van der Waals surface area contributed by atoms with E-state index in [0.29, 0.717) is 59.6 Å². The number of anilines is 2. The van der Waals surface area contributed by atoms with Crippen LogP contribution in [-0.2, 0) is 13.0 Å². The van der Waals surface area contributed by atoms with Gasteiger partial charge in [-0.25, -0.2) is 19.7 Å². The summed E-state index contributed by atoms with van der Waals surface area (Å²) in [5.41, 5.74) is 4.89. The fourth-order valence-electron chi connectivity index (χ4n) is 9.45. The molecular weight excluding hydrogens is 635 g/mol. The Bertz CT molecular complexity index is 2040. The maximum absolute atomic E-state index is 13.5. The van der Waals surface area contributed by atoms with E-state index in [-0.39, 0.29) is 17.0 Å². The van der Waals surface area contributed by atoms with E-state index in [1.165, 1.54) is 49.9 Å². The van der Waals surface area contributed by atoms with Gasteiger partial charge in [0.25, 0.3) is 5.91 Å². The minimum Gasteiger partial charge on any atom is -0.477 e. The van der Waals surface area contributed by atoms with E-state index in [1.54, 1.807) is 6.20 Å². The molecule has 10 heteroatoms. The van der Waals surface area contributed by atoms with E-state index in [0.717, 1.165) is 39.1 Å². The molecule has 5 aromatic rings. The molecule has 49 heavy (non-hydrogen) atoms. The van der Waals surface area contributed by atoms with Crippen molar-refractivity contribution in [2.45, 2.75) is 51.5 Å². The number of para-hydroxylation sites is 1. The molecule has 3 aromatic heterocycles. The number of rotatable bonds is 8. The molecule has 4 bridgehead atoms. The molecule has 0 spiro atoms. The number of aromatic nitrogens is 3. The van der Waals surface area contributed by atoms with E-state index >= 15 is 0 Å². The lowest BCUT2D eigenvalue weighted by Crippen LogP contribution is -2.48. The largest absolute Gasteiger partial charge is 0.477 e. The second kappa shape index (κ2) is 11.9. The van der Waals surface area contributed by atoms with Crippen LogP contribution in [0.25, 0.3) is 21.3 Å². The predicted octanol–water partition coefficient (Wildman–Crippen LogP) is 7.86. The SMILES string of the molecule is O=C(Nc1nc2ccccc2s1)c1cccc2c1CN(c1ccc(-c3ccnc(OCC45CC6CC(CC(C6)C4)C5)c3)c(C(=O)O)n1)CC2. The Morgan fingerprint density at radius 1 is 0.959 bits per heavy atom. The Balaban J connectivity index is 0.939. The number of nitrogens with zero attached hydrogens (tertiary/aromatic N) is 4. The second-order valence-corrected chi connectivity index (χ2v) is 15.5. The highest BCUT2D eigenvalue weighted by Gasteiger charge is 2.51. The molecule has 5 aliphatic rings. The Hall–Kier alpha value is -4.83. The van der Waals surface area contributed by atoms with E-state index < -0.39 is 5.97 Å². The van der Waals surface area contributed by atoms with Crippen molar-refractivity contribution in [2.75, 3.05) is 23.4 Å². The number of pyridine rings is 2. The average Bonchev–Trinajstić information content (AvgIpc) is 3.52. The fraction of sp³-hybridized carbons (Fsp3) is 0.359. The van der Waals surface area contributed by atoms with E-state index in [2.05, 4.69) is 20.3 Å². The van der Waals surface area contributed by atoms with Gasteiger partial charge >= 0.3 is 5.97 Å². The van der Waals surface area contributed by atoms with Crippen molar-refractivity contribution in [3.8, 4) is 17.0 Å². The minimum absolute atomic E-state index is 0.0246. The summed E-state index contributed by atoms with van der Waals surface area (Å²) in [5.74, 6) is 2.30. The predicted molar refractivity (Wildman–Crippen MR) is 189 cm³/mol. The van der Waals surface area contributed by atoms with Crippen molar-refractivity contribution in [3.05, 3.63) is 95.3 Å². The van der Waals surface area contributed by atoms with Gasteiger partial charge < -0.3 is 14.7 Å². The lowest BCUT2D eigenvalue weighted by Gasteiger charge is -2.56. The molecular formula is C39H37N5O4S. The van der Waals surface area contributed by atoms with Crippen LogP contribution < -0.4 is 15.0 Å². The number of carbonyl (C=O) groups excluding carboxylic acids is 1. The number of aromatic carboxylic acids is 1. The van der Waals surface area contributed by atoms with Gasteiger partial charge in [0.2, 0.25) is 5.88 Å². The lowest BCUT2D eigenvalue weighted by molar-refractivity contribution is -0.0751. The van der Waals surface area contributed by atoms with Crippen LogP contribution in [-0.4, -0.2) is 45.1 Å². The average molecular weight is 672 g/mol. The summed E-state index contributed by atoms with van der Waals surface area (Å²) in [6.45, 7) is 1.76. The normalized spacial score (nSPS) is 23.8. The molecule has 0 unspecified atom stereocenters. The van der Waals surface area contributed by atoms with Crippen molar-refractivity contribution >= 4 is 44.4 Å². The molecule has 9 nitrogen and oxygen atoms in total. The van der Waals surface area contributed by atoms with Crippen LogP contribution in [0.4, 0.5) is 10.9 Å². The van der Waals surface area contributed by atoms with Gasteiger partial charge in [-0.05, 0) is 116 Å². The number of benzene rings is 2. The van der Waals surface area contributed by atoms with Crippen LogP contribution in [0.15, 0.2) is 72.9 Å². The smallest absolute Gasteiger partial charge is 0.355 e. The number of hydrogen-bond acceptors (Lipinski definition) is 8. The number of thiazole rings is 1. The summed E-state index contributed by atoms with van der Waals surface area (Å²) in [7, 11) is 0. The Kier molecular flexibility index (Phi) is 7.37. The van der Waals surface area contributed by atoms with Gasteiger partial charge in [0.05, 0.1) is 16.8 Å². The summed E-state index contributed by atoms with van der Waals surface area (Å²) in [4.78, 5) is 41.9. The monoisotopic (exact) mass is 671 g/mol. The highest BCUT2D eigenvalue weighted by molar-refractivity contribution is 7.22. The van der Waals surface area contributed by atoms with Gasteiger partial charge in [0.1, 0.15) is 5.82 Å². The molecule has 1 amide bonds. The Morgan fingerprint density at radius 3 is 2.53 bits per heavy atom. The zero-order chi connectivity index (χ0) is 33.1. The summed E-state index contributed by atoms with van der Waals surface area (Å²) >= 11 is 1.44. The number of carbonyl (C=O) groups is 2. The molecule has 248 valence electrons. The number of ether oxygens (including phenoxy) is 1. The number of fused-ring (bicyclic) bond motifs is 2. The van der Waals surface area contributed by atoms with E-state index in [1.807, 2.05) is 71.6 Å². The van der Waals surface area contributed by atoms with Crippen molar-refractivity contribution in [1.29, 1.82) is 0 Å². The summed E-state index contributed by atoms with van der Waals surface area (Å²) < 4.78 is 7.38. The number of carboxylic acids is 1. The van der Waals surface area contributed by atoms with Crippen LogP contribution >= 0.6 is 11.3 Å². The maximum atomic E-state index is 13.5. The van der Waals surface area contributed by atoms with Crippen molar-refractivity contribution < 1.29 is 19.4 Å². The molecule has 4 fully saturated rings. The third kappa shape index (κ3) is 5.71. The van der Waals surface area contributed by atoms with E-state index in [4.69, 9.17) is 4.74 Å². The van der Waals surface area contributed by atoms with Crippen LogP contribution in [0.2, 0.25) is 0 Å². The highest BCUT2D eigenvalue weighted by Crippen LogP contribution is 2.60. The quantitative estimate of drug-likeness (QED) is 0.171. The number of carboxylic acid groups (broad SMARTS) is 1. The van der Waals surface area contributed by atoms with Gasteiger partial charge in [0, 0.05) is 41.9 Å². The topological polar surface area (TPSA) is 118 Å². The molecule has 4 saturated carbocycles. The first-order chi connectivity index (χ1) is 23.9. The van der Waals surface area contributed by atoms with Crippen LogP contribution in [0.1, 0.15) is 70.5 Å². The van der Waals surface area contributed by atoms with Crippen molar-refractivity contribution in [2.24, 2.45) is 23.2 Å². The third-order valence-corrected chi connectivity index (χ3v) is 12.1. The minimum atomic E-state index is -1.10. The first-order valence-electron chi connectivity index (χ1n) is 17.2. The maximum Gasteiger partial charge on any atom is 0.355 e. The zero-order valence-electron chi connectivity index (χ0n) is 27.1. The van der Waals surface area contributed by atoms with Gasteiger partial charge in [-0.15, -0.1) is 0 Å². The first kappa shape index (κ1) is 30.2. The van der Waals surface area contributed by atoms with Crippen LogP contribution in [0, 0.1) is 23.2 Å². The second-order valence-electron chi connectivity index (χ2n) is 14.5. The number of amides is 1. The zero-order valence-corrected chi connectivity index (χ0v) is 27.9. The fourth-order valence-corrected chi connectivity index (χ4v) is 10.3. The van der Waals surface area contributed by atoms with Gasteiger partial charge in [-0.2, -0.15) is 0 Å². The van der Waals surface area contributed by atoms with Crippen molar-refractivity contribution in [1.82, 2.24) is 15.0 Å². The molecule has 4 aliphatic carbocycles. The molecule has 0 saturated heterocycles. The van der Waals surface area contributed by atoms with Gasteiger partial charge in [-0.3, -0.25) is 10.1 Å². The summed E-state index contributed by atoms with van der Waals surface area (Å²) in [6, 6.07) is 20.9. The lowest BCUT2D eigenvalue weighted by atomic mass is 9.50. The molecule has 10 rings (SSSR count). The first-order valence-corrected chi connectivity index (χ1v) is 18.1. The Morgan fingerprint density at radius 2 is 1.76 bits per heavy atom. The Labute approximate surface area is 288 Å². The number of nitrogens with one attached hydrogen (secondary N) is 1. The summed E-state index contributed by atoms with van der Waals surface area (Å²) in [5, 5.41) is 13.8. The molecule has 0 atom stereocenters. The van der Waals surface area contributed by atoms with Crippen molar-refractivity contribution in [3.63, 3.8) is 0 Å². The molecule has 4 heterocycles. The molecule has 2 aromatic carbocycles. The highest BCUT2D eigenvalue weighted by atomic mass is 32.1. The van der Waals surface area contributed by atoms with Crippen LogP contribution in [0.3, 0.4) is 0 Å².